The van der Waals surface area contributed by atoms with E-state index in [1.165, 1.54) is 10.9 Å². The summed E-state index contributed by atoms with van der Waals surface area (Å²) in [6.45, 7) is 0.271. The van der Waals surface area contributed by atoms with Gasteiger partial charge >= 0.3 is 0 Å². The highest BCUT2D eigenvalue weighted by Gasteiger charge is 2.04. The van der Waals surface area contributed by atoms with Crippen molar-refractivity contribution >= 4 is 63.3 Å². The number of halogens is 2. The normalized spacial score (nSPS) is 12.0. The van der Waals surface area contributed by atoms with E-state index in [-0.39, 0.29) is 12.3 Å². The Labute approximate surface area is 245 Å². The minimum atomic E-state index is -0.187. The smallest absolute Gasteiger partial charge is 0.264 e. The third-order valence-corrected chi connectivity index (χ3v) is 7.22. The molecule has 0 amide bonds. The molecule has 0 saturated heterocycles. The zero-order valence-corrected chi connectivity index (χ0v) is 23.4. The van der Waals surface area contributed by atoms with E-state index in [4.69, 9.17) is 32.8 Å². The van der Waals surface area contributed by atoms with E-state index in [2.05, 4.69) is 10.1 Å². The number of ether oxygens (including phenoxy) is 1. The molecule has 0 atom stereocenters. The van der Waals surface area contributed by atoms with Gasteiger partial charge in [0.1, 0.15) is 24.4 Å². The maximum absolute atomic E-state index is 12.7. The molecule has 9 heteroatoms. The fourth-order valence-corrected chi connectivity index (χ4v) is 4.77. The second-order valence-electron chi connectivity index (χ2n) is 8.59. The average Bonchev–Trinajstić information content (AvgIpc) is 3.49. The fourth-order valence-electron chi connectivity index (χ4n) is 3.69. The number of nitrogens with zero attached hydrogens (tertiary/aromatic N) is 3. The van der Waals surface area contributed by atoms with Crippen LogP contribution in [0.5, 0.6) is 5.75 Å². The summed E-state index contributed by atoms with van der Waals surface area (Å²) in [7, 11) is 0. The molecule has 0 fully saturated rings. The Kier molecular flexibility index (Phi) is 9.08. The zero-order chi connectivity index (χ0) is 27.7. The highest BCUT2D eigenvalue weighted by molar-refractivity contribution is 7.10. The quantitative estimate of drug-likeness (QED) is 0.122. The van der Waals surface area contributed by atoms with Crippen molar-refractivity contribution in [2.75, 3.05) is 0 Å². The van der Waals surface area contributed by atoms with Crippen molar-refractivity contribution in [3.05, 3.63) is 139 Å². The highest BCUT2D eigenvalue weighted by Crippen LogP contribution is 2.23. The number of aromatic nitrogens is 2. The number of hydrogen-bond donors (Lipinski definition) is 0. The first kappa shape index (κ1) is 27.4. The molecule has 0 aliphatic rings. The van der Waals surface area contributed by atoms with Crippen molar-refractivity contribution in [1.29, 1.82) is 0 Å². The summed E-state index contributed by atoms with van der Waals surface area (Å²) in [4.78, 5) is 23.7. The predicted molar refractivity (Wildman–Crippen MR) is 164 cm³/mol. The van der Waals surface area contributed by atoms with E-state index in [9.17, 15) is 4.79 Å². The van der Waals surface area contributed by atoms with Crippen LogP contribution in [-0.2, 0) is 18.2 Å². The third kappa shape index (κ3) is 7.27. The van der Waals surface area contributed by atoms with Gasteiger partial charge in [-0.25, -0.2) is 4.98 Å². The highest BCUT2D eigenvalue weighted by atomic mass is 35.5. The number of fused-ring (bicyclic) bond motifs is 1. The molecule has 0 N–H and O–H groups in total. The number of hydrogen-bond acceptors (Lipinski definition) is 6. The van der Waals surface area contributed by atoms with Crippen LogP contribution in [0.15, 0.2) is 113 Å². The van der Waals surface area contributed by atoms with Gasteiger partial charge in [0, 0.05) is 20.5 Å². The SMILES string of the molecule is O=c1c2ccccc2ncn1CO/N=C(/C=C/c1ccc(OCc2ccc(Cl)cc2Cl)cc1)\C=C\c1cccs1. The molecule has 5 aromatic rings. The number of allylic oxidation sites excluding steroid dienone is 2. The predicted octanol–water partition coefficient (Wildman–Crippen LogP) is 8.10. The Hall–Kier alpha value is -4.17. The summed E-state index contributed by atoms with van der Waals surface area (Å²) in [5, 5.41) is 7.95. The Balaban J connectivity index is 1.27. The molecule has 200 valence electrons. The van der Waals surface area contributed by atoms with Gasteiger partial charge in [0.15, 0.2) is 6.73 Å². The van der Waals surface area contributed by atoms with Gasteiger partial charge < -0.3 is 9.57 Å². The molecule has 0 unspecified atom stereocenters. The van der Waals surface area contributed by atoms with Gasteiger partial charge in [0.25, 0.3) is 5.56 Å². The number of oxime groups is 1. The molecule has 2 aromatic heterocycles. The lowest BCUT2D eigenvalue weighted by atomic mass is 10.1. The third-order valence-electron chi connectivity index (χ3n) is 5.80. The maximum Gasteiger partial charge on any atom is 0.264 e. The summed E-state index contributed by atoms with van der Waals surface area (Å²) in [5.74, 6) is 0.715. The van der Waals surface area contributed by atoms with Crippen molar-refractivity contribution in [2.24, 2.45) is 5.16 Å². The Morgan fingerprint density at radius 2 is 1.80 bits per heavy atom. The minimum absolute atomic E-state index is 0.0650. The van der Waals surface area contributed by atoms with Crippen LogP contribution in [-0.4, -0.2) is 15.3 Å². The lowest BCUT2D eigenvalue weighted by Crippen LogP contribution is -2.21. The molecule has 2 heterocycles. The van der Waals surface area contributed by atoms with E-state index in [1.807, 2.05) is 78.2 Å². The molecular weight excluding hydrogens is 565 g/mol. The van der Waals surface area contributed by atoms with Crippen molar-refractivity contribution < 1.29 is 9.57 Å². The van der Waals surface area contributed by atoms with Gasteiger partial charge in [0.05, 0.1) is 10.9 Å². The largest absolute Gasteiger partial charge is 0.489 e. The summed E-state index contributed by atoms with van der Waals surface area (Å²) >= 11 is 13.8. The van der Waals surface area contributed by atoms with Gasteiger partial charge in [-0.15, -0.1) is 11.3 Å². The van der Waals surface area contributed by atoms with Gasteiger partial charge in [0.2, 0.25) is 0 Å². The van der Waals surface area contributed by atoms with Crippen molar-refractivity contribution in [3.63, 3.8) is 0 Å². The molecule has 0 bridgehead atoms. The molecule has 0 aliphatic carbocycles. The van der Waals surface area contributed by atoms with Gasteiger partial charge in [-0.05, 0) is 71.6 Å². The standard InChI is InChI=1S/C31H23Cl2N3O3S/c32-24-11-10-23(29(33)18-24)19-38-26-14-8-22(9-15-26)7-12-25(13-16-27-4-3-17-40-27)35-39-21-36-20-34-30-6-2-1-5-28(30)31(36)37/h1-18,20H,19,21H2/b12-7+,16-13+,35-25-. The molecular formula is C31H23Cl2N3O3S. The van der Waals surface area contributed by atoms with E-state index in [0.29, 0.717) is 39.0 Å². The van der Waals surface area contributed by atoms with E-state index in [0.717, 1.165) is 16.0 Å². The molecule has 0 aliphatic heterocycles. The average molecular weight is 589 g/mol. The molecule has 0 radical (unpaired) electrons. The van der Waals surface area contributed by atoms with Crippen LogP contribution in [0.4, 0.5) is 0 Å². The maximum atomic E-state index is 12.7. The first-order chi connectivity index (χ1) is 19.5. The van der Waals surface area contributed by atoms with E-state index >= 15 is 0 Å². The van der Waals surface area contributed by atoms with Crippen LogP contribution in [0.3, 0.4) is 0 Å². The van der Waals surface area contributed by atoms with Crippen LogP contribution < -0.4 is 10.3 Å². The first-order valence-electron chi connectivity index (χ1n) is 12.3. The molecule has 3 aromatic carbocycles. The van der Waals surface area contributed by atoms with Crippen LogP contribution in [0.1, 0.15) is 16.0 Å². The summed E-state index contributed by atoms with van der Waals surface area (Å²) in [6, 6.07) is 24.2. The number of rotatable bonds is 10. The summed E-state index contributed by atoms with van der Waals surface area (Å²) in [5.41, 5.74) is 2.83. The Morgan fingerprint density at radius 1 is 0.975 bits per heavy atom. The van der Waals surface area contributed by atoms with Crippen molar-refractivity contribution in [2.45, 2.75) is 13.3 Å². The molecule has 0 spiro atoms. The monoisotopic (exact) mass is 587 g/mol. The molecule has 40 heavy (non-hydrogen) atoms. The molecule has 5 rings (SSSR count). The van der Waals surface area contributed by atoms with Crippen LogP contribution >= 0.6 is 34.5 Å². The zero-order valence-electron chi connectivity index (χ0n) is 21.1. The number of benzene rings is 3. The second kappa shape index (κ2) is 13.3. The van der Waals surface area contributed by atoms with Crippen molar-refractivity contribution in [1.82, 2.24) is 9.55 Å². The summed E-state index contributed by atoms with van der Waals surface area (Å²) in [6.07, 6.45) is 9.04. The van der Waals surface area contributed by atoms with Crippen LogP contribution in [0.2, 0.25) is 10.0 Å². The first-order valence-corrected chi connectivity index (χ1v) is 13.9. The lowest BCUT2D eigenvalue weighted by molar-refractivity contribution is 0.0816. The second-order valence-corrected chi connectivity index (χ2v) is 10.4. The van der Waals surface area contributed by atoms with Gasteiger partial charge in [-0.2, -0.15) is 0 Å². The van der Waals surface area contributed by atoms with Gasteiger partial charge in [-0.1, -0.05) is 70.8 Å². The van der Waals surface area contributed by atoms with E-state index in [1.54, 1.807) is 41.7 Å². The lowest BCUT2D eigenvalue weighted by Gasteiger charge is -2.08. The minimum Gasteiger partial charge on any atom is -0.489 e. The molecule has 6 nitrogen and oxygen atoms in total. The topological polar surface area (TPSA) is 65.7 Å². The Morgan fingerprint density at radius 3 is 2.60 bits per heavy atom. The number of para-hydroxylation sites is 1. The van der Waals surface area contributed by atoms with Crippen molar-refractivity contribution in [3.8, 4) is 5.75 Å². The van der Waals surface area contributed by atoms with E-state index < -0.39 is 0 Å². The number of thiophene rings is 1. The Bertz CT molecular complexity index is 1740. The van der Waals surface area contributed by atoms with Crippen LogP contribution in [0.25, 0.3) is 23.1 Å². The summed E-state index contributed by atoms with van der Waals surface area (Å²) < 4.78 is 7.25. The molecule has 0 saturated carbocycles. The fraction of sp³-hybridized carbons (Fsp3) is 0.0645. The van der Waals surface area contributed by atoms with Crippen LogP contribution in [0, 0.1) is 0 Å². The van der Waals surface area contributed by atoms with Gasteiger partial charge in [-0.3, -0.25) is 9.36 Å².